The lowest BCUT2D eigenvalue weighted by Crippen LogP contribution is -3.00. The fourth-order valence-electron chi connectivity index (χ4n) is 1.87. The lowest BCUT2D eigenvalue weighted by atomic mass is 10.2. The van der Waals surface area contributed by atoms with Gasteiger partial charge in [0.05, 0.1) is 6.61 Å². The minimum Gasteiger partial charge on any atom is -1.00 e. The van der Waals surface area contributed by atoms with Gasteiger partial charge in [0, 0.05) is 0 Å². The van der Waals surface area contributed by atoms with Gasteiger partial charge in [-0.25, -0.2) is 0 Å². The summed E-state index contributed by atoms with van der Waals surface area (Å²) in [7, 11) is 0. The second-order valence-corrected chi connectivity index (χ2v) is 4.40. The molecular weight excluding hydrogens is 361 g/mol. The first kappa shape index (κ1) is 22.0. The molecule has 1 rings (SSSR count). The molecule has 0 N–H and O–H groups in total. The van der Waals surface area contributed by atoms with Gasteiger partial charge in [-0.1, -0.05) is 39.8 Å². The van der Waals surface area contributed by atoms with Crippen molar-refractivity contribution in [2.75, 3.05) is 26.2 Å². The normalized spacial score (nSPS) is 9.50. The quantitative estimate of drug-likeness (QED) is 0.492. The number of ether oxygens (including phenoxy) is 1. The monoisotopic (exact) mass is 392 g/mol. The average Bonchev–Trinajstić information content (AvgIpc) is 2.45. The number of nitrogens with zero attached hydrogens (tertiary/aromatic N) is 1. The summed E-state index contributed by atoms with van der Waals surface area (Å²) in [6.45, 7) is 14.8. The topological polar surface area (TPSA) is 12.5 Å². The molecule has 0 aromatic heterocycles. The molecule has 0 unspecified atom stereocenters. The van der Waals surface area contributed by atoms with Crippen LogP contribution in [0, 0.1) is 6.92 Å². The van der Waals surface area contributed by atoms with E-state index in [1.54, 1.807) is 0 Å². The zero-order chi connectivity index (χ0) is 14.5. The maximum absolute atomic E-state index is 5.72. The van der Waals surface area contributed by atoms with Crippen molar-refractivity contribution in [3.63, 3.8) is 0 Å². The fourth-order valence-corrected chi connectivity index (χ4v) is 1.87. The van der Waals surface area contributed by atoms with Crippen LogP contribution in [-0.2, 0) is 0 Å². The van der Waals surface area contributed by atoms with Crippen LogP contribution in [0.15, 0.2) is 24.3 Å². The van der Waals surface area contributed by atoms with Gasteiger partial charge in [0.25, 0.3) is 0 Å². The Labute approximate surface area is 142 Å². The van der Waals surface area contributed by atoms with Gasteiger partial charge in [-0.2, -0.15) is 0 Å². The molecule has 0 bridgehead atoms. The minimum absolute atomic E-state index is 0. The molecule has 0 radical (unpaired) electrons. The van der Waals surface area contributed by atoms with Gasteiger partial charge in [-0.05, 0) is 57.1 Å². The third-order valence-electron chi connectivity index (χ3n) is 3.02. The number of hydrogen-bond acceptors (Lipinski definition) is 2. The van der Waals surface area contributed by atoms with E-state index in [0.717, 1.165) is 31.9 Å². The summed E-state index contributed by atoms with van der Waals surface area (Å²) < 4.78 is 5.72. The van der Waals surface area contributed by atoms with E-state index in [1.807, 2.05) is 26.0 Å². The first-order chi connectivity index (χ1) is 9.26. The van der Waals surface area contributed by atoms with E-state index >= 15 is 0 Å². The lowest BCUT2D eigenvalue weighted by molar-refractivity contribution is -0.00000484. The zero-order valence-corrected chi connectivity index (χ0v) is 15.9. The molecule has 0 aliphatic carbocycles. The van der Waals surface area contributed by atoms with Crippen molar-refractivity contribution in [1.29, 1.82) is 0 Å². The highest BCUT2D eigenvalue weighted by Gasteiger charge is 1.98. The molecule has 0 heterocycles. The van der Waals surface area contributed by atoms with Crippen molar-refractivity contribution in [3.8, 4) is 5.75 Å². The Bertz CT molecular complexity index is 314. The predicted octanol–water partition coefficient (Wildman–Crippen LogP) is 1.53. The van der Waals surface area contributed by atoms with Crippen molar-refractivity contribution in [1.82, 2.24) is 4.90 Å². The van der Waals surface area contributed by atoms with Crippen LogP contribution in [0.5, 0.6) is 5.75 Å². The van der Waals surface area contributed by atoms with E-state index in [4.69, 9.17) is 4.74 Å². The van der Waals surface area contributed by atoms with Gasteiger partial charge < -0.3 is 33.6 Å². The molecule has 0 aliphatic rings. The van der Waals surface area contributed by atoms with Gasteiger partial charge in [-0.3, -0.25) is 0 Å². The average molecular weight is 392 g/mol. The Morgan fingerprint density at radius 2 is 1.70 bits per heavy atom. The van der Waals surface area contributed by atoms with Gasteiger partial charge in [-0.15, -0.1) is 0 Å². The number of hydrogen-bond donors (Lipinski definition) is 0. The molecule has 0 atom stereocenters. The van der Waals surface area contributed by atoms with Crippen LogP contribution in [0.3, 0.4) is 0 Å². The molecule has 3 heteroatoms. The van der Waals surface area contributed by atoms with E-state index in [2.05, 4.69) is 37.8 Å². The molecule has 1 aromatic carbocycles. The van der Waals surface area contributed by atoms with E-state index in [-0.39, 0.29) is 24.0 Å². The predicted molar refractivity (Wildman–Crippen MR) is 85.0 cm³/mol. The van der Waals surface area contributed by atoms with Crippen molar-refractivity contribution in [2.45, 2.75) is 47.5 Å². The molecule has 2 nitrogen and oxygen atoms in total. The maximum atomic E-state index is 5.72. The molecule has 20 heavy (non-hydrogen) atoms. The summed E-state index contributed by atoms with van der Waals surface area (Å²) in [6, 6.07) is 8.25. The first-order valence-electron chi connectivity index (χ1n) is 7.68. The van der Waals surface area contributed by atoms with Crippen LogP contribution in [0.4, 0.5) is 0 Å². The highest BCUT2D eigenvalue weighted by atomic mass is 127. The molecule has 0 spiro atoms. The fraction of sp³-hybridized carbons (Fsp3) is 0.647. The summed E-state index contributed by atoms with van der Waals surface area (Å²) >= 11 is 0. The Morgan fingerprint density at radius 1 is 1.05 bits per heavy atom. The van der Waals surface area contributed by atoms with E-state index in [0.29, 0.717) is 0 Å². The minimum atomic E-state index is 0. The highest BCUT2D eigenvalue weighted by Crippen LogP contribution is 2.12. The van der Waals surface area contributed by atoms with Gasteiger partial charge in [0.2, 0.25) is 0 Å². The van der Waals surface area contributed by atoms with Crippen LogP contribution in [-0.4, -0.2) is 31.1 Å². The van der Waals surface area contributed by atoms with Gasteiger partial charge in [0.15, 0.2) is 0 Å². The standard InChI is InChI=1S/C15H25NO.C2H6.HI/c1-4-16(5-2)11-6-7-12-17-15-10-8-9-14(3)13-15;1-2;/h8-10,13H,4-7,11-12H2,1-3H3;1-2H3;1H/p-1. The summed E-state index contributed by atoms with van der Waals surface area (Å²) in [5.41, 5.74) is 1.26. The van der Waals surface area contributed by atoms with Gasteiger partial charge in [0.1, 0.15) is 5.75 Å². The molecular formula is C17H31INO-. The van der Waals surface area contributed by atoms with E-state index in [9.17, 15) is 0 Å². The van der Waals surface area contributed by atoms with Crippen LogP contribution >= 0.6 is 0 Å². The van der Waals surface area contributed by atoms with Crippen LogP contribution in [0.25, 0.3) is 0 Å². The van der Waals surface area contributed by atoms with Crippen molar-refractivity contribution >= 4 is 0 Å². The van der Waals surface area contributed by atoms with Crippen molar-refractivity contribution < 1.29 is 28.7 Å². The Balaban J connectivity index is 0. The smallest absolute Gasteiger partial charge is 0.119 e. The molecule has 1 aromatic rings. The van der Waals surface area contributed by atoms with Crippen LogP contribution in [0.2, 0.25) is 0 Å². The number of benzene rings is 1. The summed E-state index contributed by atoms with van der Waals surface area (Å²) in [5.74, 6) is 0.993. The lowest BCUT2D eigenvalue weighted by Gasteiger charge is -2.17. The SMILES string of the molecule is CC.CCN(CC)CCCCOc1cccc(C)c1.[I-]. The number of halogens is 1. The second kappa shape index (κ2) is 15.1. The Kier molecular flexibility index (Phi) is 16.6. The second-order valence-electron chi connectivity index (χ2n) is 4.40. The van der Waals surface area contributed by atoms with Crippen LogP contribution < -0.4 is 28.7 Å². The molecule has 0 aliphatic heterocycles. The first-order valence-corrected chi connectivity index (χ1v) is 7.68. The Hall–Kier alpha value is -0.290. The number of unbranched alkanes of at least 4 members (excludes halogenated alkanes) is 1. The third kappa shape index (κ3) is 10.5. The highest BCUT2D eigenvalue weighted by molar-refractivity contribution is 5.27. The molecule has 0 saturated heterocycles. The van der Waals surface area contributed by atoms with Crippen molar-refractivity contribution in [3.05, 3.63) is 29.8 Å². The molecule has 0 fully saturated rings. The van der Waals surface area contributed by atoms with Crippen molar-refractivity contribution in [2.24, 2.45) is 0 Å². The zero-order valence-electron chi connectivity index (χ0n) is 13.8. The van der Waals surface area contributed by atoms with Crippen LogP contribution in [0.1, 0.15) is 46.1 Å². The number of aryl methyl sites for hydroxylation is 1. The number of rotatable bonds is 8. The largest absolute Gasteiger partial charge is 1.00 e. The third-order valence-corrected chi connectivity index (χ3v) is 3.02. The molecule has 0 saturated carbocycles. The summed E-state index contributed by atoms with van der Waals surface area (Å²) in [6.07, 6.45) is 2.35. The summed E-state index contributed by atoms with van der Waals surface area (Å²) in [4.78, 5) is 2.45. The molecule has 118 valence electrons. The molecule has 0 amide bonds. The van der Waals surface area contributed by atoms with E-state index in [1.165, 1.54) is 18.5 Å². The van der Waals surface area contributed by atoms with E-state index < -0.39 is 0 Å². The Morgan fingerprint density at radius 3 is 2.25 bits per heavy atom. The van der Waals surface area contributed by atoms with Gasteiger partial charge >= 0.3 is 0 Å². The summed E-state index contributed by atoms with van der Waals surface area (Å²) in [5, 5.41) is 0. The maximum Gasteiger partial charge on any atom is 0.119 e.